The number of hydrogen-bond acceptors (Lipinski definition) is 6. The maximum Gasteiger partial charge on any atom is 2.00 e. The quantitative estimate of drug-likeness (QED) is 0.292. The summed E-state index contributed by atoms with van der Waals surface area (Å²) in [6.45, 7) is 8.64. The third-order valence-corrected chi connectivity index (χ3v) is 6.02. The monoisotopic (exact) mass is 445 g/mol. The van der Waals surface area contributed by atoms with Crippen LogP contribution in [0.2, 0.25) is 0 Å². The maximum absolute atomic E-state index is 11.1. The second-order valence-corrected chi connectivity index (χ2v) is 9.60. The first-order valence-electron chi connectivity index (χ1n) is 9.13. The van der Waals surface area contributed by atoms with Crippen molar-refractivity contribution in [1.29, 1.82) is 0 Å². The SMILES string of the molecule is CCCCOP(=O)([O-])CCCC.CCCCOP(=O)([O-])CCCC.[Co+2]. The molecule has 0 N–H and O–H groups in total. The number of unbranched alkanes of at least 4 members (excludes halogenated alkanes) is 4. The van der Waals surface area contributed by atoms with Crippen molar-refractivity contribution in [2.24, 2.45) is 0 Å². The van der Waals surface area contributed by atoms with Gasteiger partial charge < -0.3 is 28.0 Å². The van der Waals surface area contributed by atoms with Crippen LogP contribution in [0.25, 0.3) is 0 Å². The predicted octanol–water partition coefficient (Wildman–Crippen LogP) is 4.31. The fraction of sp³-hybridized carbons (Fsp3) is 1.00. The average molecular weight is 445 g/mol. The first kappa shape index (κ1) is 30.5. The molecule has 0 fully saturated rings. The molecule has 0 saturated carbocycles. The van der Waals surface area contributed by atoms with Gasteiger partial charge in [0.1, 0.15) is 15.2 Å². The van der Waals surface area contributed by atoms with Crippen LogP contribution in [0, 0.1) is 0 Å². The molecule has 0 bridgehead atoms. The Balaban J connectivity index is -0.000000372. The van der Waals surface area contributed by atoms with E-state index in [0.29, 0.717) is 26.1 Å². The third kappa shape index (κ3) is 24.8. The van der Waals surface area contributed by atoms with Crippen molar-refractivity contribution >= 4 is 15.2 Å². The molecule has 0 aromatic carbocycles. The zero-order valence-corrected chi connectivity index (χ0v) is 19.0. The summed E-state index contributed by atoms with van der Waals surface area (Å²) >= 11 is 0. The summed E-state index contributed by atoms with van der Waals surface area (Å²) in [6, 6.07) is 0. The van der Waals surface area contributed by atoms with Crippen LogP contribution < -0.4 is 9.79 Å². The Morgan fingerprint density at radius 2 is 0.920 bits per heavy atom. The Bertz CT molecular complexity index is 335. The van der Waals surface area contributed by atoms with Crippen LogP contribution >= 0.6 is 15.2 Å². The molecule has 2 unspecified atom stereocenters. The summed E-state index contributed by atoms with van der Waals surface area (Å²) in [7, 11) is -6.98. The van der Waals surface area contributed by atoms with Gasteiger partial charge in [0.2, 0.25) is 0 Å². The molecule has 0 aliphatic heterocycles. The van der Waals surface area contributed by atoms with Gasteiger partial charge in [0.15, 0.2) is 0 Å². The molecule has 0 aromatic rings. The minimum Gasteiger partial charge on any atom is -0.778 e. The van der Waals surface area contributed by atoms with Crippen LogP contribution in [-0.2, 0) is 35.0 Å². The minimum atomic E-state index is -3.49. The van der Waals surface area contributed by atoms with Gasteiger partial charge in [0.05, 0.1) is 13.2 Å². The molecular formula is C16H36CoO6P2. The molecule has 2 atom stereocenters. The fourth-order valence-electron chi connectivity index (χ4n) is 1.53. The molecule has 25 heavy (non-hydrogen) atoms. The molecule has 0 aromatic heterocycles. The molecule has 1 radical (unpaired) electrons. The van der Waals surface area contributed by atoms with Crippen molar-refractivity contribution in [3.8, 4) is 0 Å². The van der Waals surface area contributed by atoms with Crippen LogP contribution in [0.3, 0.4) is 0 Å². The Morgan fingerprint density at radius 3 is 1.16 bits per heavy atom. The van der Waals surface area contributed by atoms with Crippen LogP contribution in [0.4, 0.5) is 0 Å². The second-order valence-electron chi connectivity index (χ2n) is 5.75. The molecule has 6 nitrogen and oxygen atoms in total. The molecule has 9 heteroatoms. The summed E-state index contributed by atoms with van der Waals surface area (Å²) in [5, 5.41) is 0. The molecular weight excluding hydrogens is 409 g/mol. The molecule has 0 aliphatic carbocycles. The van der Waals surface area contributed by atoms with E-state index < -0.39 is 15.2 Å². The molecule has 0 heterocycles. The summed E-state index contributed by atoms with van der Waals surface area (Å²) < 4.78 is 31.7. The zero-order valence-electron chi connectivity index (χ0n) is 16.2. The number of rotatable bonds is 14. The van der Waals surface area contributed by atoms with Gasteiger partial charge in [-0.25, -0.2) is 0 Å². The first-order chi connectivity index (χ1) is 11.2. The largest absolute Gasteiger partial charge is 2.00 e. The van der Waals surface area contributed by atoms with Gasteiger partial charge in [-0.1, -0.05) is 53.4 Å². The Morgan fingerprint density at radius 1 is 0.640 bits per heavy atom. The van der Waals surface area contributed by atoms with Crippen LogP contribution in [-0.4, -0.2) is 25.5 Å². The summed E-state index contributed by atoms with van der Waals surface area (Å²) in [4.78, 5) is 22.1. The van der Waals surface area contributed by atoms with Gasteiger partial charge in [-0.15, -0.1) is 0 Å². The molecule has 155 valence electrons. The molecule has 0 rings (SSSR count). The van der Waals surface area contributed by atoms with E-state index in [4.69, 9.17) is 9.05 Å². The van der Waals surface area contributed by atoms with E-state index in [1.165, 1.54) is 0 Å². The average Bonchev–Trinajstić information content (AvgIpc) is 2.52. The Labute approximate surface area is 164 Å². The Kier molecular flexibility index (Phi) is 23.9. The van der Waals surface area contributed by atoms with Gasteiger partial charge in [0.25, 0.3) is 0 Å². The fourth-order valence-corrected chi connectivity index (χ4v) is 4.01. The van der Waals surface area contributed by atoms with Gasteiger partial charge in [-0.3, -0.25) is 0 Å². The van der Waals surface area contributed by atoms with E-state index in [1.807, 2.05) is 27.7 Å². The van der Waals surface area contributed by atoms with E-state index in [-0.39, 0.29) is 29.1 Å². The zero-order chi connectivity index (χ0) is 18.9. The topological polar surface area (TPSA) is 98.7 Å². The van der Waals surface area contributed by atoms with Gasteiger partial charge >= 0.3 is 16.8 Å². The molecule has 0 aliphatic rings. The van der Waals surface area contributed by atoms with Gasteiger partial charge in [-0.05, 0) is 25.7 Å². The van der Waals surface area contributed by atoms with E-state index in [9.17, 15) is 18.9 Å². The van der Waals surface area contributed by atoms with Crippen molar-refractivity contribution in [2.75, 3.05) is 25.5 Å². The van der Waals surface area contributed by atoms with Crippen molar-refractivity contribution in [3.63, 3.8) is 0 Å². The molecule has 0 amide bonds. The maximum atomic E-state index is 11.1. The standard InChI is InChI=1S/2C8H19O3P.Co/c2*1-3-5-7-11-12(9,10)8-6-4-2;/h2*3-8H2,1-2H3,(H,9,10);/q;;+2/p-2. The van der Waals surface area contributed by atoms with E-state index >= 15 is 0 Å². The van der Waals surface area contributed by atoms with Crippen molar-refractivity contribution in [2.45, 2.75) is 79.1 Å². The predicted molar refractivity (Wildman–Crippen MR) is 96.5 cm³/mol. The van der Waals surface area contributed by atoms with E-state index in [0.717, 1.165) is 38.5 Å². The Hall–Kier alpha value is 0.806. The van der Waals surface area contributed by atoms with E-state index in [2.05, 4.69) is 0 Å². The second kappa shape index (κ2) is 19.6. The van der Waals surface area contributed by atoms with Crippen molar-refractivity contribution in [3.05, 3.63) is 0 Å². The van der Waals surface area contributed by atoms with Gasteiger partial charge in [-0.2, -0.15) is 0 Å². The van der Waals surface area contributed by atoms with Crippen LogP contribution in [0.1, 0.15) is 79.1 Å². The van der Waals surface area contributed by atoms with Crippen LogP contribution in [0.5, 0.6) is 0 Å². The molecule has 0 saturated heterocycles. The molecule has 0 spiro atoms. The van der Waals surface area contributed by atoms with E-state index in [1.54, 1.807) is 0 Å². The summed E-state index contributed by atoms with van der Waals surface area (Å²) in [5.41, 5.74) is 0. The summed E-state index contributed by atoms with van der Waals surface area (Å²) in [6.07, 6.45) is 7.13. The smallest absolute Gasteiger partial charge is 0.778 e. The first-order valence-corrected chi connectivity index (χ1v) is 12.6. The van der Waals surface area contributed by atoms with Crippen molar-refractivity contribution in [1.82, 2.24) is 0 Å². The van der Waals surface area contributed by atoms with Gasteiger partial charge in [0, 0.05) is 12.3 Å². The normalized spacial score (nSPS) is 15.3. The summed E-state index contributed by atoms with van der Waals surface area (Å²) in [5.74, 6) is 0. The minimum absolute atomic E-state index is 0. The third-order valence-electron chi connectivity index (χ3n) is 3.14. The van der Waals surface area contributed by atoms with Crippen molar-refractivity contribution < 1.29 is 44.7 Å². The van der Waals surface area contributed by atoms with Crippen LogP contribution in [0.15, 0.2) is 0 Å². The number of hydrogen-bond donors (Lipinski definition) is 0.